The summed E-state index contributed by atoms with van der Waals surface area (Å²) in [5, 5.41) is 7.06. The monoisotopic (exact) mass is 322 g/mol. The molecule has 0 aliphatic heterocycles. The maximum Gasteiger partial charge on any atom is 0.324 e. The lowest BCUT2D eigenvalue weighted by Crippen LogP contribution is -2.29. The summed E-state index contributed by atoms with van der Waals surface area (Å²) in [6.07, 6.45) is 12.4. The molecule has 6 heteroatoms. The summed E-state index contributed by atoms with van der Waals surface area (Å²) in [5.74, 6) is -1.47. The number of aliphatic carboxylic acids is 1. The lowest BCUT2D eigenvalue weighted by atomic mass is 10.0. The summed E-state index contributed by atoms with van der Waals surface area (Å²) in [6, 6.07) is 0. The molecule has 0 saturated carbocycles. The Morgan fingerprint density at radius 3 is 1.57 bits per heavy atom. The molecule has 0 spiro atoms. The lowest BCUT2D eigenvalue weighted by molar-refractivity contribution is -0.136. The van der Waals surface area contributed by atoms with Gasteiger partial charge in [-0.3, -0.25) is 9.35 Å². The highest BCUT2D eigenvalue weighted by Gasteiger charge is 2.29. The predicted molar refractivity (Wildman–Crippen MR) is 84.1 cm³/mol. The highest BCUT2D eigenvalue weighted by Crippen LogP contribution is 2.14. The van der Waals surface area contributed by atoms with Crippen LogP contribution in [0.4, 0.5) is 0 Å². The van der Waals surface area contributed by atoms with Crippen molar-refractivity contribution >= 4 is 16.1 Å². The van der Waals surface area contributed by atoms with Gasteiger partial charge in [0.15, 0.2) is 5.25 Å². The number of carbonyl (C=O) groups is 1. The van der Waals surface area contributed by atoms with E-state index in [9.17, 15) is 13.2 Å². The van der Waals surface area contributed by atoms with Crippen LogP contribution in [0.5, 0.6) is 0 Å². The molecule has 0 aliphatic rings. The number of hydrogen-bond donors (Lipinski definition) is 2. The van der Waals surface area contributed by atoms with Gasteiger partial charge in [0.25, 0.3) is 10.1 Å². The molecular formula is C15H30O5S. The van der Waals surface area contributed by atoms with Gasteiger partial charge >= 0.3 is 5.97 Å². The van der Waals surface area contributed by atoms with Crippen LogP contribution in [-0.2, 0) is 14.9 Å². The minimum atomic E-state index is -4.48. The summed E-state index contributed by atoms with van der Waals surface area (Å²) in [5.41, 5.74) is 0. The molecule has 0 aromatic carbocycles. The van der Waals surface area contributed by atoms with E-state index in [1.165, 1.54) is 44.9 Å². The van der Waals surface area contributed by atoms with Gasteiger partial charge in [-0.1, -0.05) is 77.6 Å². The smallest absolute Gasteiger partial charge is 0.324 e. The van der Waals surface area contributed by atoms with Crippen LogP contribution in [-0.4, -0.2) is 29.3 Å². The Hall–Kier alpha value is -0.620. The Morgan fingerprint density at radius 1 is 0.857 bits per heavy atom. The second-order valence-corrected chi connectivity index (χ2v) is 7.27. The maximum atomic E-state index is 10.9. The minimum Gasteiger partial charge on any atom is -0.480 e. The zero-order chi connectivity index (χ0) is 16.1. The second kappa shape index (κ2) is 12.0. The van der Waals surface area contributed by atoms with Crippen LogP contribution in [0.15, 0.2) is 0 Å². The van der Waals surface area contributed by atoms with Gasteiger partial charge in [-0.25, -0.2) is 0 Å². The van der Waals surface area contributed by atoms with Crippen molar-refractivity contribution in [2.75, 3.05) is 0 Å². The molecule has 0 heterocycles. The van der Waals surface area contributed by atoms with E-state index in [4.69, 9.17) is 9.66 Å². The minimum absolute atomic E-state index is 0.00875. The molecule has 0 aliphatic carbocycles. The number of rotatable bonds is 14. The van der Waals surface area contributed by atoms with Gasteiger partial charge in [-0.2, -0.15) is 8.42 Å². The van der Waals surface area contributed by atoms with Crippen LogP contribution in [0.1, 0.15) is 84.0 Å². The first-order valence-corrected chi connectivity index (χ1v) is 9.59. The van der Waals surface area contributed by atoms with Crippen molar-refractivity contribution in [3.05, 3.63) is 0 Å². The van der Waals surface area contributed by atoms with Crippen LogP contribution >= 0.6 is 0 Å². The predicted octanol–water partition coefficient (Wildman–Crippen LogP) is 4.03. The lowest BCUT2D eigenvalue weighted by Gasteiger charge is -2.08. The fraction of sp³-hybridized carbons (Fsp3) is 0.933. The molecule has 0 saturated heterocycles. The first-order chi connectivity index (χ1) is 9.89. The van der Waals surface area contributed by atoms with Gasteiger partial charge in [-0.05, 0) is 6.42 Å². The molecule has 0 amide bonds. The highest BCUT2D eigenvalue weighted by atomic mass is 32.2. The normalized spacial score (nSPS) is 13.2. The van der Waals surface area contributed by atoms with E-state index in [0.717, 1.165) is 19.3 Å². The fourth-order valence-electron chi connectivity index (χ4n) is 2.39. The van der Waals surface area contributed by atoms with Gasteiger partial charge in [0.1, 0.15) is 0 Å². The van der Waals surface area contributed by atoms with Crippen molar-refractivity contribution in [3.63, 3.8) is 0 Å². The topological polar surface area (TPSA) is 91.7 Å². The molecule has 1 atom stereocenters. The molecule has 5 nitrogen and oxygen atoms in total. The van der Waals surface area contributed by atoms with Gasteiger partial charge in [-0.15, -0.1) is 0 Å². The van der Waals surface area contributed by atoms with E-state index in [-0.39, 0.29) is 6.42 Å². The van der Waals surface area contributed by atoms with Crippen LogP contribution < -0.4 is 0 Å². The Bertz CT molecular complexity index is 364. The molecule has 126 valence electrons. The molecule has 0 aromatic rings. The molecule has 0 fully saturated rings. The van der Waals surface area contributed by atoms with Gasteiger partial charge in [0, 0.05) is 0 Å². The molecular weight excluding hydrogens is 292 g/mol. The van der Waals surface area contributed by atoms with Crippen LogP contribution in [0, 0.1) is 0 Å². The van der Waals surface area contributed by atoms with Crippen LogP contribution in [0.25, 0.3) is 0 Å². The quantitative estimate of drug-likeness (QED) is 0.372. The van der Waals surface area contributed by atoms with Crippen LogP contribution in [0.2, 0.25) is 0 Å². The van der Waals surface area contributed by atoms with Crippen LogP contribution in [0.3, 0.4) is 0 Å². The average molecular weight is 322 g/mol. The van der Waals surface area contributed by atoms with Gasteiger partial charge in [0.2, 0.25) is 0 Å². The standard InChI is InChI=1S/C15H30O5S/c1-2-3-4-5-6-7-8-9-10-11-12-13-14(15(16)17)21(18,19)20/h14H,2-13H2,1H3,(H,16,17)(H,18,19,20). The Kier molecular flexibility index (Phi) is 11.6. The first kappa shape index (κ1) is 20.4. The Balaban J connectivity index is 3.49. The third-order valence-corrected chi connectivity index (χ3v) is 4.86. The van der Waals surface area contributed by atoms with Gasteiger partial charge in [0.05, 0.1) is 0 Å². The molecule has 1 unspecified atom stereocenters. The van der Waals surface area contributed by atoms with Crippen molar-refractivity contribution in [1.29, 1.82) is 0 Å². The van der Waals surface area contributed by atoms with E-state index in [0.29, 0.717) is 6.42 Å². The summed E-state index contributed by atoms with van der Waals surface area (Å²) in [4.78, 5) is 10.7. The zero-order valence-electron chi connectivity index (χ0n) is 13.1. The fourth-order valence-corrected chi connectivity index (χ4v) is 3.11. The van der Waals surface area contributed by atoms with E-state index >= 15 is 0 Å². The summed E-state index contributed by atoms with van der Waals surface area (Å²) < 4.78 is 30.5. The summed E-state index contributed by atoms with van der Waals surface area (Å²) >= 11 is 0. The molecule has 2 N–H and O–H groups in total. The SMILES string of the molecule is CCCCCCCCCCCCCC(C(=O)O)S(=O)(=O)O. The number of hydrogen-bond acceptors (Lipinski definition) is 3. The van der Waals surface area contributed by atoms with Crippen molar-refractivity contribution in [2.45, 2.75) is 89.2 Å². The largest absolute Gasteiger partial charge is 0.480 e. The number of unbranched alkanes of at least 4 members (excludes halogenated alkanes) is 10. The van der Waals surface area contributed by atoms with Crippen molar-refractivity contribution in [2.24, 2.45) is 0 Å². The number of carboxylic acids is 1. The summed E-state index contributed by atoms with van der Waals surface area (Å²) in [7, 11) is -4.48. The highest BCUT2D eigenvalue weighted by molar-refractivity contribution is 7.87. The zero-order valence-corrected chi connectivity index (χ0v) is 13.9. The van der Waals surface area contributed by atoms with E-state index in [1.54, 1.807) is 0 Å². The molecule has 21 heavy (non-hydrogen) atoms. The molecule has 0 bridgehead atoms. The Morgan fingerprint density at radius 2 is 1.24 bits per heavy atom. The van der Waals surface area contributed by atoms with E-state index in [2.05, 4.69) is 6.92 Å². The van der Waals surface area contributed by atoms with Crippen molar-refractivity contribution < 1.29 is 22.9 Å². The van der Waals surface area contributed by atoms with E-state index < -0.39 is 21.3 Å². The third kappa shape index (κ3) is 11.7. The summed E-state index contributed by atoms with van der Waals surface area (Å²) in [6.45, 7) is 2.21. The average Bonchev–Trinajstić information content (AvgIpc) is 2.38. The second-order valence-electron chi connectivity index (χ2n) is 5.67. The first-order valence-electron chi connectivity index (χ1n) is 8.08. The molecule has 0 rings (SSSR count). The third-order valence-electron chi connectivity index (χ3n) is 3.70. The molecule has 0 radical (unpaired) electrons. The van der Waals surface area contributed by atoms with E-state index in [1.807, 2.05) is 0 Å². The van der Waals surface area contributed by atoms with Crippen molar-refractivity contribution in [3.8, 4) is 0 Å². The maximum absolute atomic E-state index is 10.9. The Labute approximate surface area is 128 Å². The molecule has 0 aromatic heterocycles. The number of carboxylic acid groups (broad SMARTS) is 1. The van der Waals surface area contributed by atoms with Gasteiger partial charge < -0.3 is 5.11 Å². The van der Waals surface area contributed by atoms with Crippen molar-refractivity contribution in [1.82, 2.24) is 0 Å².